The van der Waals surface area contributed by atoms with Crippen molar-refractivity contribution >= 4 is 11.9 Å². The van der Waals surface area contributed by atoms with Crippen LogP contribution in [0.4, 0.5) is 0 Å². The Bertz CT molecular complexity index is 203. The summed E-state index contributed by atoms with van der Waals surface area (Å²) >= 11 is 0. The molecule has 0 saturated carbocycles. The van der Waals surface area contributed by atoms with Gasteiger partial charge in [0.15, 0.2) is 6.61 Å². The van der Waals surface area contributed by atoms with Gasteiger partial charge in [0.2, 0.25) is 0 Å². The van der Waals surface area contributed by atoms with Crippen LogP contribution >= 0.6 is 0 Å². The average molecular weight is 201 g/mol. The van der Waals surface area contributed by atoms with Gasteiger partial charge in [0.25, 0.3) is 5.91 Å². The molecule has 1 amide bonds. The molecule has 0 aliphatic carbocycles. The molecule has 0 fully saturated rings. The fourth-order valence-electron chi connectivity index (χ4n) is 0.691. The van der Waals surface area contributed by atoms with Crippen LogP contribution in [0.25, 0.3) is 0 Å². The van der Waals surface area contributed by atoms with E-state index in [0.29, 0.717) is 13.2 Å². The lowest BCUT2D eigenvalue weighted by atomic mass is 10.4. The van der Waals surface area contributed by atoms with Crippen LogP contribution in [0.3, 0.4) is 0 Å². The first kappa shape index (κ1) is 12.6. The van der Waals surface area contributed by atoms with Crippen LogP contribution in [0.1, 0.15) is 6.42 Å². The van der Waals surface area contributed by atoms with E-state index in [-0.39, 0.29) is 12.5 Å². The molecule has 0 rings (SSSR count). The zero-order valence-corrected chi connectivity index (χ0v) is 8.25. The van der Waals surface area contributed by atoms with Crippen LogP contribution in [-0.4, -0.2) is 38.7 Å². The number of nitrogens with one attached hydrogen (secondary N) is 1. The Labute approximate surface area is 83.1 Å². The molecular formula is C9H15NO4. The minimum absolute atomic E-state index is 0.266. The Kier molecular flexibility index (Phi) is 7.45. The normalized spacial score (nSPS) is 9.21. The first-order valence-corrected chi connectivity index (χ1v) is 4.25. The Hall–Kier alpha value is -1.36. The summed E-state index contributed by atoms with van der Waals surface area (Å²) in [4.78, 5) is 21.5. The molecule has 0 spiro atoms. The topological polar surface area (TPSA) is 64.6 Å². The zero-order chi connectivity index (χ0) is 10.8. The average Bonchev–Trinajstić information content (AvgIpc) is 2.21. The molecule has 0 aromatic carbocycles. The molecule has 0 aliphatic heterocycles. The molecule has 0 aromatic heterocycles. The molecule has 0 unspecified atom stereocenters. The minimum atomic E-state index is -0.600. The Morgan fingerprint density at radius 1 is 1.50 bits per heavy atom. The van der Waals surface area contributed by atoms with Gasteiger partial charge >= 0.3 is 5.97 Å². The monoisotopic (exact) mass is 201 g/mol. The number of methoxy groups -OCH3 is 1. The van der Waals surface area contributed by atoms with E-state index in [1.807, 2.05) is 0 Å². The quantitative estimate of drug-likeness (QED) is 0.354. The Balaban J connectivity index is 3.37. The van der Waals surface area contributed by atoms with Gasteiger partial charge in [-0.1, -0.05) is 6.58 Å². The fourth-order valence-corrected chi connectivity index (χ4v) is 0.691. The summed E-state index contributed by atoms with van der Waals surface area (Å²) in [5.41, 5.74) is 0. The van der Waals surface area contributed by atoms with E-state index in [1.165, 1.54) is 0 Å². The van der Waals surface area contributed by atoms with Gasteiger partial charge in [0.05, 0.1) is 0 Å². The predicted octanol–water partition coefficient (Wildman–Crippen LogP) is -0.132. The van der Waals surface area contributed by atoms with Gasteiger partial charge in [-0.3, -0.25) is 4.79 Å². The third-order valence-corrected chi connectivity index (χ3v) is 1.36. The lowest BCUT2D eigenvalue weighted by molar-refractivity contribution is -0.143. The van der Waals surface area contributed by atoms with E-state index in [1.54, 1.807) is 7.11 Å². The lowest BCUT2D eigenvalue weighted by Crippen LogP contribution is -2.29. The van der Waals surface area contributed by atoms with E-state index in [9.17, 15) is 9.59 Å². The van der Waals surface area contributed by atoms with Crippen molar-refractivity contribution in [1.82, 2.24) is 5.32 Å². The zero-order valence-electron chi connectivity index (χ0n) is 8.25. The molecule has 0 atom stereocenters. The van der Waals surface area contributed by atoms with Crippen LogP contribution in [-0.2, 0) is 19.1 Å². The number of hydrogen-bond donors (Lipinski definition) is 1. The minimum Gasteiger partial charge on any atom is -0.452 e. The van der Waals surface area contributed by atoms with Crippen LogP contribution < -0.4 is 5.32 Å². The standard InChI is InChI=1S/C9H15NO4/c1-3-9(12)14-7-8(11)10-5-4-6-13-2/h3H,1,4-7H2,2H3,(H,10,11). The highest BCUT2D eigenvalue weighted by Crippen LogP contribution is 1.81. The van der Waals surface area contributed by atoms with Gasteiger partial charge < -0.3 is 14.8 Å². The number of hydrogen-bond acceptors (Lipinski definition) is 4. The molecule has 0 saturated heterocycles. The van der Waals surface area contributed by atoms with Crippen LogP contribution in [0.15, 0.2) is 12.7 Å². The van der Waals surface area contributed by atoms with E-state index in [4.69, 9.17) is 4.74 Å². The molecular weight excluding hydrogens is 186 g/mol. The first-order chi connectivity index (χ1) is 6.70. The van der Waals surface area contributed by atoms with Crippen molar-refractivity contribution in [2.45, 2.75) is 6.42 Å². The van der Waals surface area contributed by atoms with Crippen molar-refractivity contribution in [2.75, 3.05) is 26.9 Å². The van der Waals surface area contributed by atoms with Gasteiger partial charge in [0.1, 0.15) is 0 Å². The van der Waals surface area contributed by atoms with Gasteiger partial charge in [-0.25, -0.2) is 4.79 Å². The van der Waals surface area contributed by atoms with Gasteiger partial charge in [0, 0.05) is 26.3 Å². The number of rotatable bonds is 7. The number of carbonyl (C=O) groups is 2. The van der Waals surface area contributed by atoms with Crippen molar-refractivity contribution in [2.24, 2.45) is 0 Å². The highest BCUT2D eigenvalue weighted by molar-refractivity contribution is 5.85. The maximum absolute atomic E-state index is 11.0. The molecule has 0 heterocycles. The molecule has 0 aliphatic rings. The Morgan fingerprint density at radius 3 is 2.79 bits per heavy atom. The summed E-state index contributed by atoms with van der Waals surface area (Å²) in [6.07, 6.45) is 1.75. The lowest BCUT2D eigenvalue weighted by Gasteiger charge is -2.04. The van der Waals surface area contributed by atoms with Crippen molar-refractivity contribution in [3.63, 3.8) is 0 Å². The fraction of sp³-hybridized carbons (Fsp3) is 0.556. The van der Waals surface area contributed by atoms with Gasteiger partial charge in [-0.2, -0.15) is 0 Å². The number of ether oxygens (including phenoxy) is 2. The number of amides is 1. The maximum Gasteiger partial charge on any atom is 0.330 e. The smallest absolute Gasteiger partial charge is 0.330 e. The van der Waals surface area contributed by atoms with E-state index in [0.717, 1.165) is 12.5 Å². The molecule has 5 nitrogen and oxygen atoms in total. The predicted molar refractivity (Wildman–Crippen MR) is 50.7 cm³/mol. The molecule has 0 bridgehead atoms. The summed E-state index contributed by atoms with van der Waals surface area (Å²) in [5.74, 6) is -0.923. The first-order valence-electron chi connectivity index (χ1n) is 4.25. The largest absolute Gasteiger partial charge is 0.452 e. The highest BCUT2D eigenvalue weighted by Gasteiger charge is 2.02. The summed E-state index contributed by atoms with van der Waals surface area (Å²) in [5, 5.41) is 2.57. The van der Waals surface area contributed by atoms with Gasteiger partial charge in [-0.15, -0.1) is 0 Å². The summed E-state index contributed by atoms with van der Waals surface area (Å²) in [7, 11) is 1.59. The third kappa shape index (κ3) is 7.30. The van der Waals surface area contributed by atoms with Crippen LogP contribution in [0.2, 0.25) is 0 Å². The second-order valence-electron chi connectivity index (χ2n) is 2.51. The van der Waals surface area contributed by atoms with Crippen LogP contribution in [0, 0.1) is 0 Å². The summed E-state index contributed by atoms with van der Waals surface area (Å²) in [6, 6.07) is 0. The molecule has 5 heteroatoms. The number of esters is 1. The maximum atomic E-state index is 11.0. The molecule has 0 radical (unpaired) electrons. The third-order valence-electron chi connectivity index (χ3n) is 1.36. The molecule has 14 heavy (non-hydrogen) atoms. The van der Waals surface area contributed by atoms with Crippen molar-refractivity contribution in [3.05, 3.63) is 12.7 Å². The van der Waals surface area contributed by atoms with Crippen molar-refractivity contribution in [1.29, 1.82) is 0 Å². The van der Waals surface area contributed by atoms with Gasteiger partial charge in [-0.05, 0) is 6.42 Å². The SMILES string of the molecule is C=CC(=O)OCC(=O)NCCCOC. The van der Waals surface area contributed by atoms with Crippen molar-refractivity contribution in [3.8, 4) is 0 Å². The van der Waals surface area contributed by atoms with E-state index in [2.05, 4.69) is 16.6 Å². The van der Waals surface area contributed by atoms with E-state index >= 15 is 0 Å². The second kappa shape index (κ2) is 8.25. The van der Waals surface area contributed by atoms with Crippen molar-refractivity contribution < 1.29 is 19.1 Å². The molecule has 0 aromatic rings. The van der Waals surface area contributed by atoms with Crippen LogP contribution in [0.5, 0.6) is 0 Å². The second-order valence-corrected chi connectivity index (χ2v) is 2.51. The molecule has 80 valence electrons. The highest BCUT2D eigenvalue weighted by atomic mass is 16.5. The summed E-state index contributed by atoms with van der Waals surface area (Å²) in [6.45, 7) is 4.04. The summed E-state index contributed by atoms with van der Waals surface area (Å²) < 4.78 is 9.30. The molecule has 1 N–H and O–H groups in total. The number of carbonyl (C=O) groups excluding carboxylic acids is 2. The Morgan fingerprint density at radius 2 is 2.21 bits per heavy atom. The van der Waals surface area contributed by atoms with E-state index < -0.39 is 5.97 Å².